The van der Waals surface area contributed by atoms with Crippen LogP contribution < -0.4 is 10.1 Å². The zero-order valence-electron chi connectivity index (χ0n) is 7.28. The molecule has 0 bridgehead atoms. The van der Waals surface area contributed by atoms with Gasteiger partial charge in [0.25, 0.3) is 0 Å². The van der Waals surface area contributed by atoms with Gasteiger partial charge in [-0.15, -0.1) is 0 Å². The van der Waals surface area contributed by atoms with Crippen LogP contribution in [0.2, 0.25) is 0 Å². The lowest BCUT2D eigenvalue weighted by molar-refractivity contribution is 0.282. The summed E-state index contributed by atoms with van der Waals surface area (Å²) in [5.74, 6) is 0.662. The van der Waals surface area contributed by atoms with E-state index in [-0.39, 0.29) is 6.61 Å². The SMILES string of the molecule is CNc1cc(CO)ccc1OC=S. The Labute approximate surface area is 82.3 Å². The van der Waals surface area contributed by atoms with E-state index in [0.717, 1.165) is 11.3 Å². The molecular weight excluding hydrogens is 186 g/mol. The number of thiocarbonyl (C=S) groups is 1. The zero-order valence-corrected chi connectivity index (χ0v) is 8.10. The number of aliphatic hydroxyl groups is 1. The molecule has 0 aliphatic heterocycles. The largest absolute Gasteiger partial charge is 0.451 e. The smallest absolute Gasteiger partial charge is 0.154 e. The summed E-state index contributed by atoms with van der Waals surface area (Å²) in [4.78, 5) is 0. The monoisotopic (exact) mass is 197 g/mol. The molecule has 70 valence electrons. The molecule has 13 heavy (non-hydrogen) atoms. The van der Waals surface area contributed by atoms with Crippen molar-refractivity contribution in [2.45, 2.75) is 6.61 Å². The molecule has 0 amide bonds. The summed E-state index contributed by atoms with van der Waals surface area (Å²) in [6.45, 7) is 0.0204. The molecule has 0 saturated carbocycles. The molecule has 0 fully saturated rings. The fourth-order valence-electron chi connectivity index (χ4n) is 1.03. The second-order valence-corrected chi connectivity index (χ2v) is 2.65. The van der Waals surface area contributed by atoms with Gasteiger partial charge in [0.1, 0.15) is 0 Å². The summed E-state index contributed by atoms with van der Waals surface area (Å²) in [5, 5.41) is 11.8. The summed E-state index contributed by atoms with van der Waals surface area (Å²) in [6, 6.07) is 5.36. The average molecular weight is 197 g/mol. The van der Waals surface area contributed by atoms with Crippen molar-refractivity contribution in [2.75, 3.05) is 12.4 Å². The predicted octanol–water partition coefficient (Wildman–Crippen LogP) is 1.56. The van der Waals surface area contributed by atoms with E-state index in [0.29, 0.717) is 5.75 Å². The van der Waals surface area contributed by atoms with E-state index in [1.807, 2.05) is 6.07 Å². The maximum Gasteiger partial charge on any atom is 0.154 e. The zero-order chi connectivity index (χ0) is 9.68. The number of rotatable bonds is 4. The van der Waals surface area contributed by atoms with Crippen molar-refractivity contribution in [3.05, 3.63) is 23.8 Å². The minimum atomic E-state index is 0.0204. The van der Waals surface area contributed by atoms with Crippen LogP contribution in [-0.2, 0) is 6.61 Å². The van der Waals surface area contributed by atoms with Crippen LogP contribution in [0.25, 0.3) is 0 Å². The van der Waals surface area contributed by atoms with Crippen LogP contribution in [0.1, 0.15) is 5.56 Å². The van der Waals surface area contributed by atoms with Crippen molar-refractivity contribution < 1.29 is 9.84 Å². The van der Waals surface area contributed by atoms with E-state index in [9.17, 15) is 0 Å². The summed E-state index contributed by atoms with van der Waals surface area (Å²) in [5.41, 5.74) is 2.85. The lowest BCUT2D eigenvalue weighted by atomic mass is 10.2. The number of ether oxygens (including phenoxy) is 1. The van der Waals surface area contributed by atoms with Gasteiger partial charge in [-0.25, -0.2) is 0 Å². The van der Waals surface area contributed by atoms with E-state index in [4.69, 9.17) is 9.84 Å². The van der Waals surface area contributed by atoms with Crippen LogP contribution in [0.15, 0.2) is 18.2 Å². The molecule has 1 aromatic carbocycles. The van der Waals surface area contributed by atoms with Gasteiger partial charge in [-0.3, -0.25) is 0 Å². The molecule has 0 heterocycles. The third kappa shape index (κ3) is 2.40. The normalized spacial score (nSPS) is 9.38. The van der Waals surface area contributed by atoms with Crippen LogP contribution >= 0.6 is 12.2 Å². The van der Waals surface area contributed by atoms with Crippen LogP contribution in [0.5, 0.6) is 5.75 Å². The molecule has 0 unspecified atom stereocenters. The molecule has 0 atom stereocenters. The predicted molar refractivity (Wildman–Crippen MR) is 56.2 cm³/mol. The molecule has 0 saturated heterocycles. The highest BCUT2D eigenvalue weighted by atomic mass is 32.1. The van der Waals surface area contributed by atoms with Crippen LogP contribution in [0.3, 0.4) is 0 Å². The summed E-state index contributed by atoms with van der Waals surface area (Å²) < 4.78 is 5.07. The number of hydrogen-bond donors (Lipinski definition) is 2. The van der Waals surface area contributed by atoms with Crippen molar-refractivity contribution in [1.82, 2.24) is 0 Å². The van der Waals surface area contributed by atoms with Gasteiger partial charge in [0.2, 0.25) is 0 Å². The summed E-state index contributed by atoms with van der Waals surface area (Å²) in [6.07, 6.45) is 0. The van der Waals surface area contributed by atoms with Crippen molar-refractivity contribution in [1.29, 1.82) is 0 Å². The maximum absolute atomic E-state index is 8.88. The topological polar surface area (TPSA) is 41.5 Å². The number of nitrogens with one attached hydrogen (secondary N) is 1. The minimum Gasteiger partial charge on any atom is -0.451 e. The number of benzene rings is 1. The third-order valence-corrected chi connectivity index (χ3v) is 1.77. The maximum atomic E-state index is 8.88. The molecule has 0 aliphatic rings. The van der Waals surface area contributed by atoms with Crippen molar-refractivity contribution >= 4 is 23.5 Å². The van der Waals surface area contributed by atoms with Crippen LogP contribution in [0.4, 0.5) is 5.69 Å². The molecule has 0 aromatic heterocycles. The Balaban J connectivity index is 3.00. The van der Waals surface area contributed by atoms with Crippen LogP contribution in [0, 0.1) is 0 Å². The van der Waals surface area contributed by atoms with Gasteiger partial charge >= 0.3 is 0 Å². The first-order valence-corrected chi connectivity index (χ1v) is 4.30. The van der Waals surface area contributed by atoms with Crippen molar-refractivity contribution in [2.24, 2.45) is 0 Å². The van der Waals surface area contributed by atoms with E-state index in [2.05, 4.69) is 17.5 Å². The van der Waals surface area contributed by atoms with Gasteiger partial charge in [-0.05, 0) is 29.9 Å². The average Bonchev–Trinajstić information content (AvgIpc) is 2.19. The van der Waals surface area contributed by atoms with Crippen LogP contribution in [-0.4, -0.2) is 17.7 Å². The standard InChI is InChI=1S/C9H11NO2S/c1-10-8-4-7(5-11)2-3-9(8)12-6-13/h2-4,6,10-11H,5H2,1H3. The summed E-state index contributed by atoms with van der Waals surface area (Å²) in [7, 11) is 1.78. The number of aliphatic hydroxyl groups excluding tert-OH is 1. The fourth-order valence-corrected chi connectivity index (χ4v) is 1.13. The van der Waals surface area contributed by atoms with Gasteiger partial charge in [0, 0.05) is 7.05 Å². The highest BCUT2D eigenvalue weighted by Gasteiger charge is 2.01. The third-order valence-electron chi connectivity index (χ3n) is 1.67. The Morgan fingerprint density at radius 1 is 1.62 bits per heavy atom. The van der Waals surface area contributed by atoms with Gasteiger partial charge in [0.05, 0.1) is 12.3 Å². The Hall–Kier alpha value is -1.13. The molecule has 1 rings (SSSR count). The highest BCUT2D eigenvalue weighted by Crippen LogP contribution is 2.24. The fraction of sp³-hybridized carbons (Fsp3) is 0.222. The van der Waals surface area contributed by atoms with E-state index >= 15 is 0 Å². The molecule has 1 aromatic rings. The second-order valence-electron chi connectivity index (χ2n) is 2.45. The molecule has 0 aliphatic carbocycles. The van der Waals surface area contributed by atoms with E-state index < -0.39 is 0 Å². The lowest BCUT2D eigenvalue weighted by Crippen LogP contribution is -1.96. The molecular formula is C9H11NO2S. The van der Waals surface area contributed by atoms with E-state index in [1.165, 1.54) is 5.55 Å². The Kier molecular flexibility index (Phi) is 3.67. The van der Waals surface area contributed by atoms with Gasteiger partial charge in [-0.2, -0.15) is 0 Å². The highest BCUT2D eigenvalue weighted by molar-refractivity contribution is 7.78. The van der Waals surface area contributed by atoms with Gasteiger partial charge in [0.15, 0.2) is 11.3 Å². The summed E-state index contributed by atoms with van der Waals surface area (Å²) >= 11 is 4.58. The molecule has 3 nitrogen and oxygen atoms in total. The van der Waals surface area contributed by atoms with Crippen molar-refractivity contribution in [3.63, 3.8) is 0 Å². The first-order valence-electron chi connectivity index (χ1n) is 3.83. The first kappa shape index (κ1) is 9.95. The Morgan fingerprint density at radius 3 is 2.92 bits per heavy atom. The van der Waals surface area contributed by atoms with Gasteiger partial charge in [-0.1, -0.05) is 6.07 Å². The molecule has 0 radical (unpaired) electrons. The quantitative estimate of drug-likeness (QED) is 0.719. The molecule has 0 spiro atoms. The number of anilines is 1. The number of hydrogen-bond acceptors (Lipinski definition) is 4. The molecule has 2 N–H and O–H groups in total. The Morgan fingerprint density at radius 2 is 2.38 bits per heavy atom. The van der Waals surface area contributed by atoms with Crippen molar-refractivity contribution in [3.8, 4) is 5.75 Å². The lowest BCUT2D eigenvalue weighted by Gasteiger charge is -2.08. The first-order chi connectivity index (χ1) is 6.31. The Bertz CT molecular complexity index is 302. The molecule has 4 heteroatoms. The minimum absolute atomic E-state index is 0.0204. The van der Waals surface area contributed by atoms with E-state index in [1.54, 1.807) is 19.2 Å². The second kappa shape index (κ2) is 4.79. The van der Waals surface area contributed by atoms with Gasteiger partial charge < -0.3 is 15.2 Å².